The Bertz CT molecular complexity index is 493. The van der Waals surface area contributed by atoms with Gasteiger partial charge in [-0.2, -0.15) is 0 Å². The van der Waals surface area contributed by atoms with Crippen LogP contribution >= 0.6 is 0 Å². The largest absolute Gasteiger partial charge is 0.482 e. The van der Waals surface area contributed by atoms with Gasteiger partial charge in [0.1, 0.15) is 11.4 Å². The smallest absolute Gasteiger partial charge is 0.341 e. The lowest BCUT2D eigenvalue weighted by atomic mass is 9.93. The van der Waals surface area contributed by atoms with Gasteiger partial charge in [0, 0.05) is 13.1 Å². The Labute approximate surface area is 123 Å². The van der Waals surface area contributed by atoms with Crippen molar-refractivity contribution in [3.63, 3.8) is 0 Å². The molecule has 0 saturated carbocycles. The van der Waals surface area contributed by atoms with E-state index in [1.807, 2.05) is 12.1 Å². The van der Waals surface area contributed by atoms with Crippen molar-refractivity contribution in [2.24, 2.45) is 0 Å². The molecule has 21 heavy (non-hydrogen) atoms. The second kappa shape index (κ2) is 6.89. The van der Waals surface area contributed by atoms with Crippen LogP contribution in [0.25, 0.3) is 0 Å². The Balaban J connectivity index is 1.96. The van der Waals surface area contributed by atoms with Crippen LogP contribution in [0.2, 0.25) is 0 Å². The Morgan fingerprint density at radius 3 is 2.95 bits per heavy atom. The number of likely N-dealkylation sites (tertiary alicyclic amines) is 1. The van der Waals surface area contributed by atoms with Crippen LogP contribution < -0.4 is 4.74 Å². The average Bonchev–Trinajstić information content (AvgIpc) is 2.46. The summed E-state index contributed by atoms with van der Waals surface area (Å²) in [4.78, 5) is 12.6. The molecule has 1 fully saturated rings. The topological polar surface area (TPSA) is 90.2 Å². The van der Waals surface area contributed by atoms with Crippen molar-refractivity contribution in [1.29, 1.82) is 0 Å². The highest BCUT2D eigenvalue weighted by atomic mass is 16.5. The SMILES string of the molecule is O=C(O)COc1cccc(CN2CCC[C@@](O)(CO)C2)c1. The molecule has 1 aromatic rings. The van der Waals surface area contributed by atoms with E-state index < -0.39 is 11.6 Å². The molecule has 1 atom stereocenters. The van der Waals surface area contributed by atoms with Crippen LogP contribution in [0.15, 0.2) is 24.3 Å². The zero-order chi connectivity index (χ0) is 15.3. The molecule has 6 nitrogen and oxygen atoms in total. The van der Waals surface area contributed by atoms with Crippen molar-refractivity contribution >= 4 is 5.97 Å². The minimum atomic E-state index is -1.02. The highest BCUT2D eigenvalue weighted by Gasteiger charge is 2.32. The van der Waals surface area contributed by atoms with Crippen LogP contribution in [-0.2, 0) is 11.3 Å². The van der Waals surface area contributed by atoms with Gasteiger partial charge in [0.05, 0.1) is 6.61 Å². The van der Waals surface area contributed by atoms with E-state index in [2.05, 4.69) is 4.90 Å². The highest BCUT2D eigenvalue weighted by molar-refractivity contribution is 5.68. The Morgan fingerprint density at radius 2 is 2.24 bits per heavy atom. The molecule has 0 spiro atoms. The minimum Gasteiger partial charge on any atom is -0.482 e. The zero-order valence-corrected chi connectivity index (χ0v) is 11.9. The normalized spacial score (nSPS) is 23.0. The monoisotopic (exact) mass is 295 g/mol. The first-order chi connectivity index (χ1) is 10.0. The average molecular weight is 295 g/mol. The lowest BCUT2D eigenvalue weighted by Crippen LogP contribution is -2.49. The molecule has 1 aliphatic heterocycles. The zero-order valence-electron chi connectivity index (χ0n) is 11.9. The summed E-state index contributed by atoms with van der Waals surface area (Å²) in [6, 6.07) is 7.26. The van der Waals surface area contributed by atoms with Crippen molar-refractivity contribution in [2.75, 3.05) is 26.3 Å². The van der Waals surface area contributed by atoms with Gasteiger partial charge in [0.25, 0.3) is 0 Å². The first-order valence-corrected chi connectivity index (χ1v) is 7.00. The maximum atomic E-state index is 10.5. The van der Waals surface area contributed by atoms with Gasteiger partial charge < -0.3 is 20.1 Å². The molecular formula is C15H21NO5. The molecule has 1 aliphatic rings. The Hall–Kier alpha value is -1.63. The lowest BCUT2D eigenvalue weighted by Gasteiger charge is -2.38. The first-order valence-electron chi connectivity index (χ1n) is 7.00. The maximum Gasteiger partial charge on any atom is 0.341 e. The molecule has 0 amide bonds. The van der Waals surface area contributed by atoms with Crippen LogP contribution in [-0.4, -0.2) is 58.1 Å². The number of aliphatic hydroxyl groups is 2. The molecule has 1 heterocycles. The predicted octanol–water partition coefficient (Wildman–Crippen LogP) is 0.469. The Kier molecular flexibility index (Phi) is 5.17. The number of benzene rings is 1. The summed E-state index contributed by atoms with van der Waals surface area (Å²) >= 11 is 0. The van der Waals surface area contributed by atoms with Gasteiger partial charge in [0.15, 0.2) is 6.61 Å². The molecule has 1 saturated heterocycles. The van der Waals surface area contributed by atoms with Gasteiger partial charge in [-0.05, 0) is 37.1 Å². The van der Waals surface area contributed by atoms with Crippen molar-refractivity contribution in [2.45, 2.75) is 25.0 Å². The summed E-state index contributed by atoms with van der Waals surface area (Å²) in [5.74, 6) is -0.492. The number of rotatable bonds is 6. The summed E-state index contributed by atoms with van der Waals surface area (Å²) < 4.78 is 5.15. The van der Waals surface area contributed by atoms with Crippen molar-refractivity contribution in [1.82, 2.24) is 4.90 Å². The predicted molar refractivity (Wildman–Crippen MR) is 76.1 cm³/mol. The van der Waals surface area contributed by atoms with Crippen molar-refractivity contribution < 1.29 is 24.9 Å². The van der Waals surface area contributed by atoms with Crippen molar-refractivity contribution in [3.8, 4) is 5.75 Å². The standard InChI is InChI=1S/C15H21NO5/c17-11-15(20)5-2-6-16(10-15)8-12-3-1-4-13(7-12)21-9-14(18)19/h1,3-4,7,17,20H,2,5-6,8-11H2,(H,18,19)/t15-/m0/s1. The quantitative estimate of drug-likeness (QED) is 0.707. The number of hydrogen-bond donors (Lipinski definition) is 3. The number of aliphatic hydroxyl groups excluding tert-OH is 1. The van der Waals surface area contributed by atoms with Gasteiger partial charge in [-0.25, -0.2) is 4.79 Å². The van der Waals surface area contributed by atoms with Crippen LogP contribution in [0.5, 0.6) is 5.75 Å². The van der Waals surface area contributed by atoms with Gasteiger partial charge in [-0.15, -0.1) is 0 Å². The molecule has 3 N–H and O–H groups in total. The van der Waals surface area contributed by atoms with Crippen LogP contribution in [0, 0.1) is 0 Å². The van der Waals surface area contributed by atoms with Crippen molar-refractivity contribution in [3.05, 3.63) is 29.8 Å². The second-order valence-corrected chi connectivity index (χ2v) is 5.53. The molecule has 0 aromatic heterocycles. The number of β-amino-alcohol motifs (C(OH)–C–C–N with tert-alkyl or cyclic N) is 1. The molecule has 0 bridgehead atoms. The molecule has 0 unspecified atom stereocenters. The third-order valence-electron chi connectivity index (χ3n) is 3.60. The summed E-state index contributed by atoms with van der Waals surface area (Å²) in [5, 5.41) is 28.0. The number of carboxylic acid groups (broad SMARTS) is 1. The first kappa shape index (κ1) is 15.8. The van der Waals surface area contributed by atoms with E-state index >= 15 is 0 Å². The summed E-state index contributed by atoms with van der Waals surface area (Å²) in [6.45, 7) is 1.33. The molecule has 116 valence electrons. The molecule has 6 heteroatoms. The fourth-order valence-electron chi connectivity index (χ4n) is 2.61. The van der Waals surface area contributed by atoms with E-state index in [0.29, 0.717) is 25.3 Å². The molecule has 0 radical (unpaired) electrons. The molecule has 2 rings (SSSR count). The second-order valence-electron chi connectivity index (χ2n) is 5.53. The van der Waals surface area contributed by atoms with Crippen LogP contribution in [0.1, 0.15) is 18.4 Å². The van der Waals surface area contributed by atoms with E-state index in [9.17, 15) is 15.0 Å². The number of ether oxygens (including phenoxy) is 1. The minimum absolute atomic E-state index is 0.231. The number of nitrogens with zero attached hydrogens (tertiary/aromatic N) is 1. The number of piperidine rings is 1. The van der Waals surface area contributed by atoms with E-state index in [0.717, 1.165) is 18.5 Å². The summed E-state index contributed by atoms with van der Waals surface area (Å²) in [6.07, 6.45) is 1.45. The summed E-state index contributed by atoms with van der Waals surface area (Å²) in [7, 11) is 0. The van der Waals surface area contributed by atoms with Gasteiger partial charge in [-0.1, -0.05) is 12.1 Å². The van der Waals surface area contributed by atoms with E-state index in [4.69, 9.17) is 9.84 Å². The lowest BCUT2D eigenvalue weighted by molar-refractivity contribution is -0.139. The third kappa shape index (κ3) is 4.70. The molecule has 0 aliphatic carbocycles. The van der Waals surface area contributed by atoms with E-state index in [1.165, 1.54) is 0 Å². The molecule has 1 aromatic carbocycles. The fourth-order valence-corrected chi connectivity index (χ4v) is 2.61. The number of hydrogen-bond acceptors (Lipinski definition) is 5. The van der Waals surface area contributed by atoms with Gasteiger partial charge in [-0.3, -0.25) is 4.90 Å². The number of carbonyl (C=O) groups is 1. The third-order valence-corrected chi connectivity index (χ3v) is 3.60. The Morgan fingerprint density at radius 1 is 1.43 bits per heavy atom. The fraction of sp³-hybridized carbons (Fsp3) is 0.533. The van der Waals surface area contributed by atoms with E-state index in [-0.39, 0.29) is 13.2 Å². The van der Waals surface area contributed by atoms with Crippen LogP contribution in [0.4, 0.5) is 0 Å². The van der Waals surface area contributed by atoms with E-state index in [1.54, 1.807) is 12.1 Å². The highest BCUT2D eigenvalue weighted by Crippen LogP contribution is 2.23. The van der Waals surface area contributed by atoms with Gasteiger partial charge in [0.2, 0.25) is 0 Å². The number of carboxylic acids is 1. The summed E-state index contributed by atoms with van der Waals surface area (Å²) in [5.41, 5.74) is -0.0320. The van der Waals surface area contributed by atoms with Crippen LogP contribution in [0.3, 0.4) is 0 Å². The van der Waals surface area contributed by atoms with Gasteiger partial charge >= 0.3 is 5.97 Å². The maximum absolute atomic E-state index is 10.5. The number of aliphatic carboxylic acids is 1. The molecular weight excluding hydrogens is 274 g/mol.